The normalized spacial score (nSPS) is 9.50. The number of benzene rings is 1. The Morgan fingerprint density at radius 3 is 2.38 bits per heavy atom. The average Bonchev–Trinajstić information content (AvgIpc) is 2.64. The summed E-state index contributed by atoms with van der Waals surface area (Å²) in [6.45, 7) is 5.91. The van der Waals surface area contributed by atoms with Gasteiger partial charge in [0.2, 0.25) is 0 Å². The lowest BCUT2D eigenvalue weighted by Crippen LogP contribution is -1.86. The Hall–Kier alpha value is -1.48. The van der Waals surface area contributed by atoms with Crippen molar-refractivity contribution in [2.24, 2.45) is 0 Å². The van der Waals surface area contributed by atoms with Gasteiger partial charge in [-0.15, -0.1) is 0 Å². The molecule has 0 saturated carbocycles. The van der Waals surface area contributed by atoms with Crippen LogP contribution in [0, 0.1) is 6.92 Å². The zero-order chi connectivity index (χ0) is 12.1. The van der Waals surface area contributed by atoms with Crippen LogP contribution in [0.15, 0.2) is 24.3 Å². The molecule has 16 heavy (non-hydrogen) atoms. The Balaban J connectivity index is 0.000000606. The van der Waals surface area contributed by atoms with Gasteiger partial charge in [0, 0.05) is 16.1 Å². The molecule has 1 aromatic heterocycles. The number of nitrogens with two attached hydrogens (primary N) is 1. The molecule has 3 N–H and O–H groups in total. The summed E-state index contributed by atoms with van der Waals surface area (Å²) in [6.07, 6.45) is 0. The fraction of sp³-hybridized carbons (Fsp3) is 0.250. The van der Waals surface area contributed by atoms with E-state index in [1.54, 1.807) is 0 Å². The third-order valence-corrected chi connectivity index (χ3v) is 2.52. The number of halogens is 1. The van der Waals surface area contributed by atoms with E-state index in [-0.39, 0.29) is 0 Å². The zero-order valence-corrected chi connectivity index (χ0v) is 10.5. The van der Waals surface area contributed by atoms with E-state index < -0.39 is 0 Å². The molecule has 2 rings (SSSR count). The Morgan fingerprint density at radius 1 is 1.25 bits per heavy atom. The smallest absolute Gasteiger partial charge is 0.148 e. The molecule has 0 radical (unpaired) electrons. The van der Waals surface area contributed by atoms with Crippen molar-refractivity contribution in [3.63, 3.8) is 0 Å². The summed E-state index contributed by atoms with van der Waals surface area (Å²) in [4.78, 5) is 0. The summed E-state index contributed by atoms with van der Waals surface area (Å²) in [5.41, 5.74) is 8.38. The van der Waals surface area contributed by atoms with E-state index in [1.807, 2.05) is 45.0 Å². The summed E-state index contributed by atoms with van der Waals surface area (Å²) in [5.74, 6) is 0.514. The number of hydrogen-bond donors (Lipinski definition) is 2. The lowest BCUT2D eigenvalue weighted by Gasteiger charge is -2.01. The zero-order valence-electron chi connectivity index (χ0n) is 9.71. The van der Waals surface area contributed by atoms with Crippen LogP contribution in [-0.4, -0.2) is 10.2 Å². The second-order valence-electron chi connectivity index (χ2n) is 3.09. The maximum atomic E-state index is 6.05. The molecule has 0 unspecified atom stereocenters. The van der Waals surface area contributed by atoms with Gasteiger partial charge >= 0.3 is 0 Å². The van der Waals surface area contributed by atoms with Crippen LogP contribution < -0.4 is 5.73 Å². The van der Waals surface area contributed by atoms with Gasteiger partial charge in [-0.25, -0.2) is 0 Å². The molecule has 1 heterocycles. The minimum absolute atomic E-state index is 0.514. The maximum Gasteiger partial charge on any atom is 0.148 e. The fourth-order valence-electron chi connectivity index (χ4n) is 1.34. The molecule has 1 aromatic carbocycles. The Bertz CT molecular complexity index is 463. The highest BCUT2D eigenvalue weighted by Gasteiger charge is 2.10. The van der Waals surface area contributed by atoms with Crippen LogP contribution in [0.2, 0.25) is 5.02 Å². The minimum Gasteiger partial charge on any atom is -0.382 e. The summed E-state index contributed by atoms with van der Waals surface area (Å²) in [6, 6.07) is 7.59. The lowest BCUT2D eigenvalue weighted by molar-refractivity contribution is 1.10. The van der Waals surface area contributed by atoms with Gasteiger partial charge in [-0.05, 0) is 13.0 Å². The van der Waals surface area contributed by atoms with Gasteiger partial charge in [-0.1, -0.05) is 43.6 Å². The quantitative estimate of drug-likeness (QED) is 0.796. The van der Waals surface area contributed by atoms with Crippen molar-refractivity contribution in [3.05, 3.63) is 34.9 Å². The van der Waals surface area contributed by atoms with Crippen LogP contribution in [0.1, 0.15) is 19.4 Å². The lowest BCUT2D eigenvalue weighted by atomic mass is 10.1. The van der Waals surface area contributed by atoms with Gasteiger partial charge in [-0.3, -0.25) is 5.10 Å². The third kappa shape index (κ3) is 2.36. The van der Waals surface area contributed by atoms with Crippen molar-refractivity contribution in [3.8, 4) is 11.3 Å². The molecule has 0 aliphatic heterocycles. The highest BCUT2D eigenvalue weighted by molar-refractivity contribution is 6.33. The molecule has 4 heteroatoms. The minimum atomic E-state index is 0.514. The summed E-state index contributed by atoms with van der Waals surface area (Å²) in [7, 11) is 0. The number of nitrogens with zero attached hydrogens (tertiary/aromatic N) is 1. The van der Waals surface area contributed by atoms with E-state index >= 15 is 0 Å². The number of anilines is 1. The Morgan fingerprint density at radius 2 is 1.88 bits per heavy atom. The summed E-state index contributed by atoms with van der Waals surface area (Å²) >= 11 is 6.05. The first kappa shape index (κ1) is 12.6. The van der Waals surface area contributed by atoms with Gasteiger partial charge in [0.05, 0.1) is 5.69 Å². The number of rotatable bonds is 1. The first-order valence-corrected chi connectivity index (χ1v) is 5.63. The van der Waals surface area contributed by atoms with Crippen LogP contribution in [0.5, 0.6) is 0 Å². The molecule has 0 amide bonds. The molecule has 0 aliphatic rings. The highest BCUT2D eigenvalue weighted by Crippen LogP contribution is 2.29. The molecule has 0 fully saturated rings. The van der Waals surface area contributed by atoms with Crippen LogP contribution in [-0.2, 0) is 0 Å². The SMILES string of the molecule is CC.Cc1c(N)n[nH]c1-c1ccccc1Cl. The van der Waals surface area contributed by atoms with Gasteiger partial charge in [0.25, 0.3) is 0 Å². The van der Waals surface area contributed by atoms with Crippen molar-refractivity contribution >= 4 is 17.4 Å². The van der Waals surface area contributed by atoms with E-state index in [9.17, 15) is 0 Å². The summed E-state index contributed by atoms with van der Waals surface area (Å²) < 4.78 is 0. The number of aromatic amines is 1. The van der Waals surface area contributed by atoms with Gasteiger partial charge in [0.1, 0.15) is 5.82 Å². The number of nitrogens with one attached hydrogen (secondary N) is 1. The Kier molecular flexibility index (Phi) is 4.38. The van der Waals surface area contributed by atoms with E-state index in [4.69, 9.17) is 17.3 Å². The van der Waals surface area contributed by atoms with Crippen LogP contribution in [0.4, 0.5) is 5.82 Å². The number of nitrogen functional groups attached to an aromatic ring is 1. The topological polar surface area (TPSA) is 54.7 Å². The molecular formula is C12H16ClN3. The predicted octanol–water partition coefficient (Wildman–Crippen LogP) is 3.65. The van der Waals surface area contributed by atoms with Crippen LogP contribution in [0.3, 0.4) is 0 Å². The summed E-state index contributed by atoms with van der Waals surface area (Å²) in [5, 5.41) is 7.49. The second kappa shape index (κ2) is 5.56. The van der Waals surface area contributed by atoms with Crippen molar-refractivity contribution in [2.75, 3.05) is 5.73 Å². The van der Waals surface area contributed by atoms with Gasteiger partial charge < -0.3 is 5.73 Å². The molecule has 2 aromatic rings. The van der Waals surface area contributed by atoms with Crippen molar-refractivity contribution in [1.29, 1.82) is 0 Å². The molecule has 3 nitrogen and oxygen atoms in total. The Labute approximate surface area is 101 Å². The predicted molar refractivity (Wildman–Crippen MR) is 69.5 cm³/mol. The average molecular weight is 238 g/mol. The molecular weight excluding hydrogens is 222 g/mol. The maximum absolute atomic E-state index is 6.05. The van der Waals surface area contributed by atoms with Crippen LogP contribution in [0.25, 0.3) is 11.3 Å². The third-order valence-electron chi connectivity index (χ3n) is 2.19. The first-order valence-electron chi connectivity index (χ1n) is 5.25. The van der Waals surface area contributed by atoms with E-state index in [2.05, 4.69) is 10.2 Å². The molecule has 86 valence electrons. The van der Waals surface area contributed by atoms with E-state index in [1.165, 1.54) is 0 Å². The molecule has 0 bridgehead atoms. The fourth-order valence-corrected chi connectivity index (χ4v) is 1.57. The van der Waals surface area contributed by atoms with Gasteiger partial charge in [-0.2, -0.15) is 5.10 Å². The van der Waals surface area contributed by atoms with Crippen molar-refractivity contribution in [2.45, 2.75) is 20.8 Å². The van der Waals surface area contributed by atoms with E-state index in [0.717, 1.165) is 16.8 Å². The number of hydrogen-bond acceptors (Lipinski definition) is 2. The standard InChI is InChI=1S/C10H10ClN3.C2H6/c1-6-9(13-14-10(6)12)7-4-2-3-5-8(7)11;1-2/h2-5H,1H3,(H3,12,13,14);1-2H3. The number of aromatic nitrogens is 2. The largest absolute Gasteiger partial charge is 0.382 e. The molecule has 0 spiro atoms. The van der Waals surface area contributed by atoms with Crippen molar-refractivity contribution < 1.29 is 0 Å². The molecule has 0 atom stereocenters. The molecule has 0 saturated heterocycles. The van der Waals surface area contributed by atoms with E-state index in [0.29, 0.717) is 10.8 Å². The molecule has 0 aliphatic carbocycles. The van der Waals surface area contributed by atoms with Crippen molar-refractivity contribution in [1.82, 2.24) is 10.2 Å². The highest BCUT2D eigenvalue weighted by atomic mass is 35.5. The van der Waals surface area contributed by atoms with Crippen LogP contribution >= 0.6 is 11.6 Å². The first-order chi connectivity index (χ1) is 7.70. The number of H-pyrrole nitrogens is 1. The van der Waals surface area contributed by atoms with Gasteiger partial charge in [0.15, 0.2) is 0 Å². The second-order valence-corrected chi connectivity index (χ2v) is 3.50. The monoisotopic (exact) mass is 237 g/mol.